The van der Waals surface area contributed by atoms with Gasteiger partial charge in [-0.05, 0) is 19.1 Å². The Hall–Kier alpha value is -2.01. The molecule has 0 aliphatic carbocycles. The molecule has 0 bridgehead atoms. The van der Waals surface area contributed by atoms with Gasteiger partial charge in [-0.3, -0.25) is 10.1 Å². The number of fused-ring (bicyclic) bond motifs is 1. The van der Waals surface area contributed by atoms with Crippen molar-refractivity contribution in [2.24, 2.45) is 0 Å². The van der Waals surface area contributed by atoms with Crippen molar-refractivity contribution < 1.29 is 9.37 Å². The second-order valence-electron chi connectivity index (χ2n) is 5.19. The van der Waals surface area contributed by atoms with Gasteiger partial charge in [0.1, 0.15) is 12.8 Å². The smallest absolute Gasteiger partial charge is 0.257 e. The van der Waals surface area contributed by atoms with Gasteiger partial charge in [-0.15, -0.1) is 0 Å². The van der Waals surface area contributed by atoms with Gasteiger partial charge in [0.2, 0.25) is 0 Å². The lowest BCUT2D eigenvalue weighted by atomic mass is 10.1. The third-order valence-corrected chi connectivity index (χ3v) is 4.62. The maximum absolute atomic E-state index is 12.2. The maximum atomic E-state index is 12.2. The second-order valence-corrected chi connectivity index (χ2v) is 6.27. The Morgan fingerprint density at radius 1 is 1.48 bits per heavy atom. The SMILES string of the molecule is CC=[N+]1CCc2nc(NC(=O)c3cccc(C)c3)sc2C1. The molecule has 1 amide bonds. The highest BCUT2D eigenvalue weighted by atomic mass is 32.1. The first kappa shape index (κ1) is 13.9. The standard InChI is InChI=1S/C16H17N3OS/c1-3-19-8-7-13-14(10-19)21-16(17-13)18-15(20)12-6-4-5-11(2)9-12/h3-6,9H,7-8,10H2,1-2H3/p+1. The molecule has 1 aromatic carbocycles. The fraction of sp³-hybridized carbons (Fsp3) is 0.312. The van der Waals surface area contributed by atoms with Crippen molar-refractivity contribution >= 4 is 28.6 Å². The Morgan fingerprint density at radius 2 is 2.33 bits per heavy atom. The minimum absolute atomic E-state index is 0.0938. The van der Waals surface area contributed by atoms with Gasteiger partial charge in [-0.1, -0.05) is 29.0 Å². The molecule has 0 radical (unpaired) electrons. The van der Waals surface area contributed by atoms with Gasteiger partial charge in [0.25, 0.3) is 5.91 Å². The van der Waals surface area contributed by atoms with E-state index in [1.54, 1.807) is 11.3 Å². The Morgan fingerprint density at radius 3 is 3.10 bits per heavy atom. The topological polar surface area (TPSA) is 45.0 Å². The van der Waals surface area contributed by atoms with Crippen LogP contribution in [0, 0.1) is 6.92 Å². The van der Waals surface area contributed by atoms with Crippen molar-refractivity contribution in [2.75, 3.05) is 11.9 Å². The molecule has 1 N–H and O–H groups in total. The summed E-state index contributed by atoms with van der Waals surface area (Å²) < 4.78 is 2.27. The molecule has 1 aromatic heterocycles. The molecule has 3 rings (SSSR count). The number of benzene rings is 1. The molecule has 0 saturated carbocycles. The van der Waals surface area contributed by atoms with E-state index in [2.05, 4.69) is 21.1 Å². The van der Waals surface area contributed by atoms with E-state index in [9.17, 15) is 4.79 Å². The van der Waals surface area contributed by atoms with E-state index in [4.69, 9.17) is 0 Å². The van der Waals surface area contributed by atoms with E-state index >= 15 is 0 Å². The van der Waals surface area contributed by atoms with Gasteiger partial charge in [0.05, 0.1) is 17.0 Å². The molecule has 5 heteroatoms. The number of amides is 1. The van der Waals surface area contributed by atoms with Gasteiger partial charge in [0, 0.05) is 12.5 Å². The quantitative estimate of drug-likeness (QED) is 0.867. The average molecular weight is 300 g/mol. The highest BCUT2D eigenvalue weighted by molar-refractivity contribution is 7.15. The Labute approximate surface area is 128 Å². The summed E-state index contributed by atoms with van der Waals surface area (Å²) >= 11 is 1.58. The summed E-state index contributed by atoms with van der Waals surface area (Å²) in [6.07, 6.45) is 3.05. The molecule has 21 heavy (non-hydrogen) atoms. The number of hydrogen-bond acceptors (Lipinski definition) is 3. The highest BCUT2D eigenvalue weighted by Gasteiger charge is 2.22. The first-order valence-corrected chi connectivity index (χ1v) is 7.87. The summed E-state index contributed by atoms with van der Waals surface area (Å²) in [7, 11) is 0. The highest BCUT2D eigenvalue weighted by Crippen LogP contribution is 2.27. The molecule has 0 saturated heterocycles. The predicted octanol–water partition coefficient (Wildman–Crippen LogP) is 2.86. The molecule has 2 heterocycles. The molecular weight excluding hydrogens is 282 g/mol. The number of carbonyl (C=O) groups is 1. The number of aryl methyl sites for hydroxylation is 1. The zero-order chi connectivity index (χ0) is 14.8. The predicted molar refractivity (Wildman–Crippen MR) is 85.5 cm³/mol. The molecule has 0 atom stereocenters. The minimum Gasteiger partial charge on any atom is -0.298 e. The molecular formula is C16H18N3OS+. The van der Waals surface area contributed by atoms with Crippen LogP contribution in [0.15, 0.2) is 24.3 Å². The molecule has 108 valence electrons. The Kier molecular flexibility index (Phi) is 3.84. The van der Waals surface area contributed by atoms with E-state index in [1.165, 1.54) is 4.88 Å². The van der Waals surface area contributed by atoms with Crippen molar-refractivity contribution in [1.82, 2.24) is 4.98 Å². The number of nitrogens with one attached hydrogen (secondary N) is 1. The molecule has 0 fully saturated rings. The molecule has 1 aliphatic rings. The molecule has 0 spiro atoms. The number of thiazole rings is 1. The fourth-order valence-corrected chi connectivity index (χ4v) is 3.47. The Bertz CT molecular complexity index is 718. The average Bonchev–Trinajstić information content (AvgIpc) is 2.88. The lowest BCUT2D eigenvalue weighted by Gasteiger charge is -2.07. The first-order chi connectivity index (χ1) is 10.2. The van der Waals surface area contributed by atoms with Gasteiger partial charge < -0.3 is 0 Å². The van der Waals surface area contributed by atoms with Crippen LogP contribution in [-0.2, 0) is 13.0 Å². The Balaban J connectivity index is 1.77. The van der Waals surface area contributed by atoms with Gasteiger partial charge in [-0.25, -0.2) is 9.56 Å². The van der Waals surface area contributed by atoms with Crippen molar-refractivity contribution in [3.63, 3.8) is 0 Å². The van der Waals surface area contributed by atoms with Crippen LogP contribution in [0.3, 0.4) is 0 Å². The fourth-order valence-electron chi connectivity index (χ4n) is 2.44. The lowest BCUT2D eigenvalue weighted by molar-refractivity contribution is -0.542. The normalized spacial score (nSPS) is 15.8. The summed E-state index contributed by atoms with van der Waals surface area (Å²) in [4.78, 5) is 18.0. The van der Waals surface area contributed by atoms with Gasteiger partial charge >= 0.3 is 0 Å². The largest absolute Gasteiger partial charge is 0.298 e. The second kappa shape index (κ2) is 5.77. The van der Waals surface area contributed by atoms with E-state index in [-0.39, 0.29) is 5.91 Å². The van der Waals surface area contributed by atoms with Crippen LogP contribution in [0.5, 0.6) is 0 Å². The van der Waals surface area contributed by atoms with E-state index in [1.807, 2.05) is 38.1 Å². The number of rotatable bonds is 2. The molecule has 1 aliphatic heterocycles. The lowest BCUT2D eigenvalue weighted by Crippen LogP contribution is -2.21. The van der Waals surface area contributed by atoms with Crippen LogP contribution in [-0.4, -0.2) is 28.2 Å². The number of anilines is 1. The first-order valence-electron chi connectivity index (χ1n) is 7.06. The minimum atomic E-state index is -0.0938. The van der Waals surface area contributed by atoms with Crippen LogP contribution in [0.25, 0.3) is 0 Å². The summed E-state index contributed by atoms with van der Waals surface area (Å²) in [5.41, 5.74) is 2.87. The zero-order valence-corrected chi connectivity index (χ0v) is 13.0. The van der Waals surface area contributed by atoms with Crippen molar-refractivity contribution in [1.29, 1.82) is 0 Å². The summed E-state index contributed by atoms with van der Waals surface area (Å²) in [6.45, 7) is 5.92. The molecule has 2 aromatic rings. The van der Waals surface area contributed by atoms with E-state index in [0.717, 1.165) is 30.8 Å². The van der Waals surface area contributed by atoms with Crippen molar-refractivity contribution in [3.05, 3.63) is 46.0 Å². The zero-order valence-electron chi connectivity index (χ0n) is 12.2. The number of carbonyl (C=O) groups excluding carboxylic acids is 1. The van der Waals surface area contributed by atoms with E-state index < -0.39 is 0 Å². The summed E-state index contributed by atoms with van der Waals surface area (Å²) in [6, 6.07) is 7.58. The van der Waals surface area contributed by atoms with Crippen molar-refractivity contribution in [2.45, 2.75) is 26.8 Å². The third kappa shape index (κ3) is 3.03. The molecule has 0 unspecified atom stereocenters. The van der Waals surface area contributed by atoms with Crippen LogP contribution in [0.1, 0.15) is 33.4 Å². The van der Waals surface area contributed by atoms with Gasteiger partial charge in [-0.2, -0.15) is 0 Å². The van der Waals surface area contributed by atoms with E-state index in [0.29, 0.717) is 10.7 Å². The van der Waals surface area contributed by atoms with Crippen LogP contribution in [0.4, 0.5) is 5.13 Å². The number of hydrogen-bond donors (Lipinski definition) is 1. The third-order valence-electron chi connectivity index (χ3n) is 3.63. The summed E-state index contributed by atoms with van der Waals surface area (Å²) in [5.74, 6) is -0.0938. The number of aromatic nitrogens is 1. The van der Waals surface area contributed by atoms with Crippen molar-refractivity contribution in [3.8, 4) is 0 Å². The maximum Gasteiger partial charge on any atom is 0.257 e. The van der Waals surface area contributed by atoms with Gasteiger partial charge in [0.15, 0.2) is 11.7 Å². The van der Waals surface area contributed by atoms with Crippen LogP contribution < -0.4 is 5.32 Å². The number of nitrogens with zero attached hydrogens (tertiary/aromatic N) is 2. The monoisotopic (exact) mass is 300 g/mol. The molecule has 4 nitrogen and oxygen atoms in total. The van der Waals surface area contributed by atoms with Crippen LogP contribution in [0.2, 0.25) is 0 Å². The summed E-state index contributed by atoms with van der Waals surface area (Å²) in [5, 5.41) is 3.61. The van der Waals surface area contributed by atoms with Crippen LogP contribution >= 0.6 is 11.3 Å².